The molecule has 0 saturated carbocycles. The fraction of sp³-hybridized carbons (Fsp3) is 1.00. The van der Waals surface area contributed by atoms with Crippen LogP contribution in [-0.4, -0.2) is 30.7 Å². The second-order valence-electron chi connectivity index (χ2n) is 9.02. The Labute approximate surface area is 174 Å². The summed E-state index contributed by atoms with van der Waals surface area (Å²) in [6, 6.07) is 0. The van der Waals surface area contributed by atoms with Gasteiger partial charge in [-0.15, -0.1) is 0 Å². The van der Waals surface area contributed by atoms with Crippen LogP contribution in [0.2, 0.25) is 0 Å². The quantitative estimate of drug-likeness (QED) is 0.129. The highest BCUT2D eigenvalue weighted by atomic mass is 15.3. The lowest BCUT2D eigenvalue weighted by molar-refractivity contribution is -0.923. The third-order valence-corrected chi connectivity index (χ3v) is 7.00. The Balaban J connectivity index is 3.19. The van der Waals surface area contributed by atoms with Gasteiger partial charge in [0.15, 0.2) is 0 Å². The van der Waals surface area contributed by atoms with Gasteiger partial charge < -0.3 is 4.48 Å². The summed E-state index contributed by atoms with van der Waals surface area (Å²) < 4.78 is 1.33. The van der Waals surface area contributed by atoms with Crippen molar-refractivity contribution in [3.05, 3.63) is 0 Å². The second kappa shape index (κ2) is 20.7. The molecule has 0 spiro atoms. The van der Waals surface area contributed by atoms with Gasteiger partial charge in [0.05, 0.1) is 26.2 Å². The van der Waals surface area contributed by atoms with Crippen LogP contribution in [0.3, 0.4) is 0 Å². The number of nitrogens with zero attached hydrogens (tertiary/aromatic N) is 1. The first-order valence-corrected chi connectivity index (χ1v) is 13.1. The first-order valence-electron chi connectivity index (χ1n) is 13.1. The molecule has 0 aliphatic carbocycles. The molecule has 0 heterocycles. The maximum Gasteiger partial charge on any atom is 0.0786 e. The maximum atomic E-state index is 2.36. The molecule has 0 radical (unpaired) electrons. The smallest absolute Gasteiger partial charge is 0.0786 e. The van der Waals surface area contributed by atoms with Crippen molar-refractivity contribution in [2.24, 2.45) is 0 Å². The minimum Gasteiger partial charge on any atom is -0.324 e. The van der Waals surface area contributed by atoms with Crippen LogP contribution in [0.1, 0.15) is 143 Å². The molecule has 0 atom stereocenters. The van der Waals surface area contributed by atoms with Crippen molar-refractivity contribution in [3.63, 3.8) is 0 Å². The number of hydrogen-bond acceptors (Lipinski definition) is 0. The Kier molecular flexibility index (Phi) is 20.7. The van der Waals surface area contributed by atoms with E-state index in [9.17, 15) is 0 Å². The molecule has 0 unspecified atom stereocenters. The summed E-state index contributed by atoms with van der Waals surface area (Å²) in [5.41, 5.74) is 0. The Bertz CT molecular complexity index is 261. The van der Waals surface area contributed by atoms with E-state index in [0.717, 1.165) is 0 Å². The van der Waals surface area contributed by atoms with Gasteiger partial charge in [-0.2, -0.15) is 0 Å². The van der Waals surface area contributed by atoms with E-state index in [1.54, 1.807) is 0 Å². The van der Waals surface area contributed by atoms with Crippen molar-refractivity contribution >= 4 is 0 Å². The molecular formula is C26H56N+. The van der Waals surface area contributed by atoms with E-state index >= 15 is 0 Å². The molecule has 0 aromatic rings. The maximum absolute atomic E-state index is 2.36. The standard InChI is InChI=1S/C26H56N/c1-5-9-10-11-12-13-14-15-16-17-18-19-20-21-22-23-24-25-26-27(6-2,7-3)8-4/h5-26H2,1-4H3/q+1. The number of rotatable bonds is 22. The number of hydrogen-bond donors (Lipinski definition) is 0. The van der Waals surface area contributed by atoms with Crippen molar-refractivity contribution in [2.75, 3.05) is 26.2 Å². The first kappa shape index (κ1) is 27.0. The Hall–Kier alpha value is -0.0400. The molecule has 0 amide bonds. The second-order valence-corrected chi connectivity index (χ2v) is 9.02. The van der Waals surface area contributed by atoms with Gasteiger partial charge in [0.2, 0.25) is 0 Å². The van der Waals surface area contributed by atoms with Crippen LogP contribution in [-0.2, 0) is 0 Å². The zero-order chi connectivity index (χ0) is 20.1. The summed E-state index contributed by atoms with van der Waals surface area (Å²) in [5, 5.41) is 0. The van der Waals surface area contributed by atoms with E-state index in [0.29, 0.717) is 0 Å². The zero-order valence-electron chi connectivity index (χ0n) is 20.0. The van der Waals surface area contributed by atoms with Crippen LogP contribution in [0.25, 0.3) is 0 Å². The molecule has 1 heteroatoms. The molecule has 1 nitrogen and oxygen atoms in total. The monoisotopic (exact) mass is 382 g/mol. The Morgan fingerprint density at radius 1 is 0.333 bits per heavy atom. The number of unbranched alkanes of at least 4 members (excludes halogenated alkanes) is 17. The summed E-state index contributed by atoms with van der Waals surface area (Å²) in [5.74, 6) is 0. The van der Waals surface area contributed by atoms with Crippen LogP contribution >= 0.6 is 0 Å². The lowest BCUT2D eigenvalue weighted by Gasteiger charge is -2.35. The fourth-order valence-corrected chi connectivity index (χ4v) is 4.49. The Morgan fingerprint density at radius 2 is 0.593 bits per heavy atom. The third-order valence-electron chi connectivity index (χ3n) is 7.00. The molecule has 0 N–H and O–H groups in total. The van der Waals surface area contributed by atoms with Gasteiger partial charge in [0, 0.05) is 0 Å². The van der Waals surface area contributed by atoms with Gasteiger partial charge in [0.1, 0.15) is 0 Å². The minimum absolute atomic E-state index is 1.31. The van der Waals surface area contributed by atoms with Gasteiger partial charge in [-0.1, -0.05) is 110 Å². The van der Waals surface area contributed by atoms with E-state index in [-0.39, 0.29) is 0 Å². The van der Waals surface area contributed by atoms with Crippen molar-refractivity contribution in [3.8, 4) is 0 Å². The Morgan fingerprint density at radius 3 is 0.852 bits per heavy atom. The molecule has 27 heavy (non-hydrogen) atoms. The normalized spacial score (nSPS) is 12.0. The summed E-state index contributed by atoms with van der Waals surface area (Å²) in [4.78, 5) is 0. The van der Waals surface area contributed by atoms with Crippen LogP contribution in [0.15, 0.2) is 0 Å². The van der Waals surface area contributed by atoms with E-state index < -0.39 is 0 Å². The molecular weight excluding hydrogens is 326 g/mol. The van der Waals surface area contributed by atoms with Gasteiger partial charge in [-0.3, -0.25) is 0 Å². The van der Waals surface area contributed by atoms with Crippen LogP contribution in [0, 0.1) is 0 Å². The van der Waals surface area contributed by atoms with Crippen LogP contribution in [0.5, 0.6) is 0 Å². The average Bonchev–Trinajstić information content (AvgIpc) is 2.70. The van der Waals surface area contributed by atoms with Crippen molar-refractivity contribution in [1.82, 2.24) is 0 Å². The zero-order valence-corrected chi connectivity index (χ0v) is 20.0. The van der Waals surface area contributed by atoms with E-state index in [4.69, 9.17) is 0 Å². The summed E-state index contributed by atoms with van der Waals surface area (Å²) in [7, 11) is 0. The van der Waals surface area contributed by atoms with Crippen LogP contribution in [0.4, 0.5) is 0 Å². The summed E-state index contributed by atoms with van der Waals surface area (Å²) >= 11 is 0. The minimum atomic E-state index is 1.31. The highest BCUT2D eigenvalue weighted by Gasteiger charge is 2.19. The van der Waals surface area contributed by atoms with E-state index in [1.165, 1.54) is 146 Å². The van der Waals surface area contributed by atoms with Crippen molar-refractivity contribution < 1.29 is 4.48 Å². The summed E-state index contributed by atoms with van der Waals surface area (Å²) in [6.07, 6.45) is 26.4. The fourth-order valence-electron chi connectivity index (χ4n) is 4.49. The topological polar surface area (TPSA) is 0 Å². The predicted octanol–water partition coefficient (Wildman–Crippen LogP) is 8.90. The van der Waals surface area contributed by atoms with Crippen molar-refractivity contribution in [2.45, 2.75) is 143 Å². The highest BCUT2D eigenvalue weighted by molar-refractivity contribution is 4.51. The molecule has 0 aromatic heterocycles. The van der Waals surface area contributed by atoms with Crippen LogP contribution < -0.4 is 0 Å². The third kappa shape index (κ3) is 16.6. The molecule has 0 aliphatic rings. The molecule has 0 rings (SSSR count). The molecule has 0 aromatic carbocycles. The molecule has 0 aliphatic heterocycles. The average molecular weight is 383 g/mol. The first-order chi connectivity index (χ1) is 13.2. The molecule has 0 fully saturated rings. The highest BCUT2D eigenvalue weighted by Crippen LogP contribution is 2.15. The lowest BCUT2D eigenvalue weighted by atomic mass is 10.0. The van der Waals surface area contributed by atoms with E-state index in [2.05, 4.69) is 27.7 Å². The van der Waals surface area contributed by atoms with E-state index in [1.807, 2.05) is 0 Å². The molecule has 0 bridgehead atoms. The number of quaternary nitrogens is 1. The largest absolute Gasteiger partial charge is 0.324 e. The van der Waals surface area contributed by atoms with Gasteiger partial charge in [0.25, 0.3) is 0 Å². The summed E-state index contributed by atoms with van der Waals surface area (Å²) in [6.45, 7) is 14.7. The SMILES string of the molecule is CCCCCCCCCCCCCCCCCCCC[N+](CC)(CC)CC. The lowest BCUT2D eigenvalue weighted by Crippen LogP contribution is -2.48. The van der Waals surface area contributed by atoms with Crippen molar-refractivity contribution in [1.29, 1.82) is 0 Å². The molecule has 0 saturated heterocycles. The van der Waals surface area contributed by atoms with Gasteiger partial charge in [-0.25, -0.2) is 0 Å². The predicted molar refractivity (Wildman–Crippen MR) is 126 cm³/mol. The molecule has 164 valence electrons. The van der Waals surface area contributed by atoms with Gasteiger partial charge in [-0.05, 0) is 33.6 Å². The van der Waals surface area contributed by atoms with Gasteiger partial charge >= 0.3 is 0 Å².